The fourth-order valence-electron chi connectivity index (χ4n) is 5.55. The second-order valence-corrected chi connectivity index (χ2v) is 19.7. The van der Waals surface area contributed by atoms with Crippen molar-refractivity contribution in [1.82, 2.24) is 30.2 Å². The summed E-state index contributed by atoms with van der Waals surface area (Å²) >= 11 is 1.08. The molecule has 0 aromatic carbocycles. The standard InChI is InChI=1S/C32H52N7O19P3S/c1-32(2,27(45)30(46)35-13-12-21(40)34-14-15-62-23(43)11-9-7-5-3-4-6-8-10-22(41)42)17-55-61(52,53)58-60(50,51)54-16-20-26(57-59(47,48)49)25(44)31(56-20)39-19-38-24-28(33)36-18-37-29(24)39/h6,8,18-20,25-27,31,44-45H,3-5,7,9-17H2,1-2H3,(H,34,40)(H,35,46)(H,41,42)(H,50,51)(H,52,53)(H2,33,36,37)(H2,47,48,49)/b8-6+. The summed E-state index contributed by atoms with van der Waals surface area (Å²) in [6.07, 6.45) is 0.995. The first-order valence-electron chi connectivity index (χ1n) is 18.8. The van der Waals surface area contributed by atoms with Gasteiger partial charge < -0.3 is 56.0 Å². The molecule has 0 aliphatic carbocycles. The van der Waals surface area contributed by atoms with Crippen LogP contribution >= 0.6 is 35.2 Å². The number of aromatic nitrogens is 4. The number of hydrogen-bond donors (Lipinski definition) is 10. The van der Waals surface area contributed by atoms with Crippen LogP contribution in [-0.2, 0) is 55.5 Å². The van der Waals surface area contributed by atoms with Crippen molar-refractivity contribution in [1.29, 1.82) is 0 Å². The third kappa shape index (κ3) is 18.1. The molecule has 7 atom stereocenters. The number of nitrogens with zero attached hydrogens (tertiary/aromatic N) is 4. The maximum absolute atomic E-state index is 12.7. The minimum atomic E-state index is -5.58. The van der Waals surface area contributed by atoms with Gasteiger partial charge in [0.1, 0.15) is 36.3 Å². The van der Waals surface area contributed by atoms with Crippen molar-refractivity contribution in [2.75, 3.05) is 37.8 Å². The molecule has 62 heavy (non-hydrogen) atoms. The Morgan fingerprint density at radius 1 is 0.984 bits per heavy atom. The zero-order chi connectivity index (χ0) is 46.3. The Morgan fingerprint density at radius 3 is 2.37 bits per heavy atom. The van der Waals surface area contributed by atoms with Crippen molar-refractivity contribution in [3.8, 4) is 0 Å². The lowest BCUT2D eigenvalue weighted by atomic mass is 9.87. The third-order valence-electron chi connectivity index (χ3n) is 8.73. The number of carboxylic acid groups (broad SMARTS) is 1. The average Bonchev–Trinajstić information content (AvgIpc) is 3.73. The number of phosphoric acid groups is 3. The smallest absolute Gasteiger partial charge is 0.481 e. The van der Waals surface area contributed by atoms with E-state index in [2.05, 4.69) is 34.4 Å². The van der Waals surface area contributed by atoms with Crippen molar-refractivity contribution in [3.63, 3.8) is 0 Å². The van der Waals surface area contributed by atoms with Gasteiger partial charge in [0.05, 0.1) is 26.0 Å². The highest BCUT2D eigenvalue weighted by Gasteiger charge is 2.50. The number of ether oxygens (including phenoxy) is 1. The Labute approximate surface area is 358 Å². The lowest BCUT2D eigenvalue weighted by molar-refractivity contribution is -0.137. The lowest BCUT2D eigenvalue weighted by Crippen LogP contribution is -2.46. The summed E-state index contributed by atoms with van der Waals surface area (Å²) in [5.74, 6) is -2.03. The first-order valence-corrected chi connectivity index (χ1v) is 24.3. The molecular weight excluding hydrogens is 911 g/mol. The first kappa shape index (κ1) is 53.1. The normalized spacial score (nSPS) is 20.8. The van der Waals surface area contributed by atoms with Crippen LogP contribution in [0.3, 0.4) is 0 Å². The minimum Gasteiger partial charge on any atom is -0.481 e. The molecule has 0 saturated carbocycles. The second kappa shape index (κ2) is 24.2. The molecule has 350 valence electrons. The summed E-state index contributed by atoms with van der Waals surface area (Å²) in [6, 6.07) is 0. The molecule has 26 nitrogen and oxygen atoms in total. The molecule has 2 amide bonds. The van der Waals surface area contributed by atoms with E-state index in [1.165, 1.54) is 13.8 Å². The second-order valence-electron chi connectivity index (χ2n) is 14.3. The van der Waals surface area contributed by atoms with Crippen LogP contribution in [0.15, 0.2) is 24.8 Å². The molecule has 2 aromatic heterocycles. The van der Waals surface area contributed by atoms with E-state index >= 15 is 0 Å². The van der Waals surface area contributed by atoms with Crippen LogP contribution < -0.4 is 16.4 Å². The molecule has 1 aliphatic heterocycles. The molecule has 0 spiro atoms. The summed E-state index contributed by atoms with van der Waals surface area (Å²) in [5.41, 5.74) is 4.24. The largest absolute Gasteiger partial charge is 0.481 e. The fourth-order valence-corrected chi connectivity index (χ4v) is 9.10. The van der Waals surface area contributed by atoms with E-state index in [4.69, 9.17) is 24.6 Å². The minimum absolute atomic E-state index is 0.00440. The number of anilines is 1. The molecule has 1 aliphatic rings. The Hall–Kier alpha value is -3.23. The SMILES string of the molecule is CC(C)(COP(=O)(O)OP(=O)(O)OCC1OC(n2cnc3c(N)ncnc32)C(O)C1OP(=O)(O)O)C(O)C(=O)NCCC(=O)NCCSC(=O)CCCCCC/C=C/CC(=O)O. The van der Waals surface area contributed by atoms with Gasteiger partial charge in [-0.2, -0.15) is 4.31 Å². The number of phosphoric ester groups is 3. The zero-order valence-electron chi connectivity index (χ0n) is 33.5. The molecule has 11 N–H and O–H groups in total. The van der Waals surface area contributed by atoms with Gasteiger partial charge in [-0.1, -0.05) is 50.6 Å². The van der Waals surface area contributed by atoms with Crippen molar-refractivity contribution in [3.05, 3.63) is 24.8 Å². The van der Waals surface area contributed by atoms with Gasteiger partial charge in [0.2, 0.25) is 11.8 Å². The van der Waals surface area contributed by atoms with Crippen molar-refractivity contribution in [2.45, 2.75) is 95.9 Å². The van der Waals surface area contributed by atoms with Crippen molar-refractivity contribution < 1.29 is 90.4 Å². The van der Waals surface area contributed by atoms with Gasteiger partial charge in [0, 0.05) is 37.1 Å². The number of aliphatic hydroxyl groups is 2. The van der Waals surface area contributed by atoms with Gasteiger partial charge in [0.15, 0.2) is 22.8 Å². The van der Waals surface area contributed by atoms with Gasteiger partial charge in [-0.15, -0.1) is 0 Å². The van der Waals surface area contributed by atoms with Crippen LogP contribution in [0.25, 0.3) is 11.2 Å². The van der Waals surface area contributed by atoms with Crippen LogP contribution in [0.5, 0.6) is 0 Å². The molecule has 0 bridgehead atoms. The number of unbranched alkanes of at least 4 members (excludes halogenated alkanes) is 4. The van der Waals surface area contributed by atoms with E-state index in [1.807, 2.05) is 6.08 Å². The first-order chi connectivity index (χ1) is 28.9. The van der Waals surface area contributed by atoms with E-state index in [0.717, 1.165) is 54.7 Å². The number of nitrogens with two attached hydrogens (primary N) is 1. The Kier molecular flexibility index (Phi) is 20.7. The number of nitrogen functional groups attached to an aromatic ring is 1. The highest BCUT2D eigenvalue weighted by Crippen LogP contribution is 2.61. The number of imidazole rings is 1. The number of fused-ring (bicyclic) bond motifs is 1. The maximum Gasteiger partial charge on any atom is 0.481 e. The summed E-state index contributed by atoms with van der Waals surface area (Å²) < 4.78 is 62.2. The number of carbonyl (C=O) groups excluding carboxylic acids is 3. The molecule has 3 heterocycles. The van der Waals surface area contributed by atoms with Crippen LogP contribution in [-0.4, -0.2) is 134 Å². The maximum atomic E-state index is 12.7. The van der Waals surface area contributed by atoms with Crippen LogP contribution in [0.4, 0.5) is 5.82 Å². The topological polar surface area (TPSA) is 401 Å². The number of thioether (sulfide) groups is 1. The average molecular weight is 964 g/mol. The number of aliphatic hydroxyl groups excluding tert-OH is 2. The van der Waals surface area contributed by atoms with E-state index in [-0.39, 0.29) is 48.0 Å². The summed E-state index contributed by atoms with van der Waals surface area (Å²) in [7, 11) is -16.4. The lowest BCUT2D eigenvalue weighted by Gasteiger charge is -2.30. The highest BCUT2D eigenvalue weighted by atomic mass is 32.2. The number of amides is 2. The Morgan fingerprint density at radius 2 is 1.68 bits per heavy atom. The molecule has 7 unspecified atom stereocenters. The predicted octanol–water partition coefficient (Wildman–Crippen LogP) is 1.04. The van der Waals surface area contributed by atoms with Crippen LogP contribution in [0.1, 0.15) is 71.4 Å². The van der Waals surface area contributed by atoms with Crippen molar-refractivity contribution in [2.24, 2.45) is 5.41 Å². The van der Waals surface area contributed by atoms with Gasteiger partial charge in [-0.25, -0.2) is 28.6 Å². The van der Waals surface area contributed by atoms with E-state index in [0.29, 0.717) is 18.6 Å². The van der Waals surface area contributed by atoms with Gasteiger partial charge in [-0.3, -0.25) is 37.3 Å². The molecule has 30 heteroatoms. The van der Waals surface area contributed by atoms with Gasteiger partial charge in [-0.05, 0) is 19.3 Å². The molecule has 0 radical (unpaired) electrons. The summed E-state index contributed by atoms with van der Waals surface area (Å²) in [5, 5.41) is 35.0. The number of rotatable bonds is 28. The van der Waals surface area contributed by atoms with Crippen LogP contribution in [0.2, 0.25) is 0 Å². The summed E-state index contributed by atoms with van der Waals surface area (Å²) in [6.45, 7) is 0.425. The fraction of sp³-hybridized carbons (Fsp3) is 0.656. The van der Waals surface area contributed by atoms with E-state index < -0.39 is 90.5 Å². The summed E-state index contributed by atoms with van der Waals surface area (Å²) in [4.78, 5) is 98.4. The van der Waals surface area contributed by atoms with Crippen molar-refractivity contribution >= 4 is 75.1 Å². The van der Waals surface area contributed by atoms with E-state index in [1.54, 1.807) is 6.08 Å². The monoisotopic (exact) mass is 963 g/mol. The quantitative estimate of drug-likeness (QED) is 0.0323. The van der Waals surface area contributed by atoms with Gasteiger partial charge in [0.25, 0.3) is 0 Å². The molecule has 3 rings (SSSR count). The predicted molar refractivity (Wildman–Crippen MR) is 216 cm³/mol. The Balaban J connectivity index is 1.38. The number of allylic oxidation sites excluding steroid dienone is 1. The molecule has 1 fully saturated rings. The zero-order valence-corrected chi connectivity index (χ0v) is 37.0. The third-order valence-corrected chi connectivity index (χ3v) is 12.8. The highest BCUT2D eigenvalue weighted by molar-refractivity contribution is 8.13. The number of carbonyl (C=O) groups is 4. The molecular formula is C32H52N7O19P3S. The number of carboxylic acids is 1. The number of hydrogen-bond acceptors (Lipinski definition) is 19. The molecule has 1 saturated heterocycles. The Bertz CT molecular complexity index is 2020. The number of nitrogens with one attached hydrogen (secondary N) is 2. The van der Waals surface area contributed by atoms with Crippen LogP contribution in [0, 0.1) is 5.41 Å². The van der Waals surface area contributed by atoms with E-state index in [9.17, 15) is 62.7 Å². The number of aliphatic carboxylic acids is 1. The molecule has 2 aromatic rings. The van der Waals surface area contributed by atoms with Gasteiger partial charge >= 0.3 is 29.4 Å².